The summed E-state index contributed by atoms with van der Waals surface area (Å²) in [6.07, 6.45) is -0.132. The second kappa shape index (κ2) is 1.86. The molecule has 16 heavy (non-hydrogen) atoms. The quantitative estimate of drug-likeness (QED) is 0.482. The van der Waals surface area contributed by atoms with Crippen LogP contribution in [0.3, 0.4) is 0 Å². The Bertz CT molecular complexity index is 330. The van der Waals surface area contributed by atoms with Gasteiger partial charge < -0.3 is 28.4 Å². The maximum atomic E-state index is 5.75. The summed E-state index contributed by atoms with van der Waals surface area (Å²) in [6.45, 7) is 1.48. The highest BCUT2D eigenvalue weighted by atomic mass is 16.9. The summed E-state index contributed by atoms with van der Waals surface area (Å²) in [5.41, 5.74) is -0.989. The monoisotopic (exact) mass is 226 g/mol. The number of hydrogen-bond acceptors (Lipinski definition) is 6. The van der Waals surface area contributed by atoms with Crippen LogP contribution >= 0.6 is 0 Å². The lowest BCUT2D eigenvalue weighted by atomic mass is 9.67. The molecule has 0 amide bonds. The van der Waals surface area contributed by atoms with E-state index in [0.717, 1.165) is 0 Å². The molecule has 0 atom stereocenters. The van der Waals surface area contributed by atoms with Crippen LogP contribution < -0.4 is 0 Å². The highest BCUT2D eigenvalue weighted by Crippen LogP contribution is 2.68. The molecule has 0 aromatic rings. The molecule has 0 radical (unpaired) electrons. The van der Waals surface area contributed by atoms with E-state index in [9.17, 15) is 0 Å². The van der Waals surface area contributed by atoms with E-state index in [4.69, 9.17) is 28.4 Å². The Morgan fingerprint density at radius 3 is 1.19 bits per heavy atom. The minimum absolute atomic E-state index is 0.0441. The van der Waals surface area contributed by atoms with E-state index >= 15 is 0 Å². The molecular weight excluding hydrogens is 216 g/mol. The molecule has 3 spiro atoms. The van der Waals surface area contributed by atoms with Crippen molar-refractivity contribution in [3.63, 3.8) is 0 Å². The Hall–Kier alpha value is -0.240. The molecule has 0 N–H and O–H groups in total. The van der Waals surface area contributed by atoms with Gasteiger partial charge in [-0.05, 0) is 0 Å². The van der Waals surface area contributed by atoms with E-state index in [1.807, 2.05) is 0 Å². The fourth-order valence-electron chi connectivity index (χ4n) is 3.93. The van der Waals surface area contributed by atoms with Crippen molar-refractivity contribution in [2.24, 2.45) is 0 Å². The molecular formula is C10H10O6. The molecule has 0 aromatic carbocycles. The van der Waals surface area contributed by atoms with E-state index in [0.29, 0.717) is 19.8 Å². The average Bonchev–Trinajstić information content (AvgIpc) is 3.18. The lowest BCUT2D eigenvalue weighted by molar-refractivity contribution is -0.471. The maximum Gasteiger partial charge on any atom is 0.273 e. The van der Waals surface area contributed by atoms with Gasteiger partial charge in [0.1, 0.15) is 35.1 Å². The Balaban J connectivity index is 1.62. The van der Waals surface area contributed by atoms with Crippen LogP contribution in [0.5, 0.6) is 0 Å². The van der Waals surface area contributed by atoms with Gasteiger partial charge in [0.25, 0.3) is 6.48 Å². The van der Waals surface area contributed by atoms with Gasteiger partial charge in [-0.2, -0.15) is 0 Å². The van der Waals surface area contributed by atoms with Gasteiger partial charge in [0, 0.05) is 0 Å². The lowest BCUT2D eigenvalue weighted by Gasteiger charge is -2.57. The molecule has 6 saturated heterocycles. The highest BCUT2D eigenvalue weighted by molar-refractivity contribution is 5.36. The summed E-state index contributed by atoms with van der Waals surface area (Å²) in [4.78, 5) is 0. The highest BCUT2D eigenvalue weighted by Gasteiger charge is 2.90. The van der Waals surface area contributed by atoms with E-state index in [1.54, 1.807) is 0 Å². The van der Waals surface area contributed by atoms with Crippen LogP contribution in [0.2, 0.25) is 0 Å². The zero-order valence-electron chi connectivity index (χ0n) is 8.38. The van der Waals surface area contributed by atoms with Crippen LogP contribution in [0.4, 0.5) is 0 Å². The zero-order valence-corrected chi connectivity index (χ0v) is 8.38. The summed E-state index contributed by atoms with van der Waals surface area (Å²) in [5.74, 6) is 0. The summed E-state index contributed by atoms with van der Waals surface area (Å²) < 4.78 is 34.2. The van der Waals surface area contributed by atoms with Crippen molar-refractivity contribution in [3.05, 3.63) is 0 Å². The van der Waals surface area contributed by atoms with Crippen LogP contribution in [-0.4, -0.2) is 61.4 Å². The molecule has 1 aliphatic carbocycles. The standard InChI is InChI=1S/C10H10O6/c1-8(11-1)4-9(2-12-9)6-10(3-13-10)5(8)15-7(14-4)16-6/h4-7H,1-3H2. The molecule has 7 rings (SSSR count). The van der Waals surface area contributed by atoms with Crippen molar-refractivity contribution in [1.29, 1.82) is 0 Å². The maximum absolute atomic E-state index is 5.75. The molecule has 0 unspecified atom stereocenters. The van der Waals surface area contributed by atoms with Crippen molar-refractivity contribution < 1.29 is 28.4 Å². The van der Waals surface area contributed by atoms with E-state index in [-0.39, 0.29) is 35.1 Å². The first-order valence-corrected chi connectivity index (χ1v) is 5.69. The van der Waals surface area contributed by atoms with Gasteiger partial charge in [-0.1, -0.05) is 0 Å². The molecule has 7 aliphatic rings. The van der Waals surface area contributed by atoms with Crippen LogP contribution in [0.1, 0.15) is 0 Å². The van der Waals surface area contributed by atoms with Crippen molar-refractivity contribution in [3.8, 4) is 0 Å². The molecule has 7 fully saturated rings. The smallest absolute Gasteiger partial charge is 0.273 e. The average molecular weight is 226 g/mol. The molecule has 6 heterocycles. The van der Waals surface area contributed by atoms with Crippen molar-refractivity contribution in [1.82, 2.24) is 0 Å². The van der Waals surface area contributed by atoms with Crippen LogP contribution in [0.15, 0.2) is 0 Å². The minimum atomic E-state index is -0.556. The molecule has 6 heteroatoms. The second-order valence-corrected chi connectivity index (χ2v) is 5.57. The SMILES string of the molecule is C1OC12C1OC3OC2C2(CO2)C(O3)C12CO2. The molecule has 1 saturated carbocycles. The van der Waals surface area contributed by atoms with Gasteiger partial charge >= 0.3 is 0 Å². The molecule has 86 valence electrons. The number of epoxide rings is 3. The van der Waals surface area contributed by atoms with Crippen LogP contribution in [0, 0.1) is 0 Å². The predicted molar refractivity (Wildman–Crippen MR) is 44.5 cm³/mol. The van der Waals surface area contributed by atoms with Gasteiger partial charge in [-0.3, -0.25) is 0 Å². The molecule has 6 nitrogen and oxygen atoms in total. The minimum Gasteiger partial charge on any atom is -0.364 e. The second-order valence-electron chi connectivity index (χ2n) is 5.57. The third-order valence-electron chi connectivity index (χ3n) is 4.84. The van der Waals surface area contributed by atoms with Crippen molar-refractivity contribution >= 4 is 0 Å². The first-order chi connectivity index (χ1) is 7.80. The Labute approximate surface area is 90.7 Å². The van der Waals surface area contributed by atoms with Gasteiger partial charge in [-0.15, -0.1) is 0 Å². The lowest BCUT2D eigenvalue weighted by Crippen LogP contribution is -2.80. The fraction of sp³-hybridized carbons (Fsp3) is 1.00. The Morgan fingerprint density at radius 2 is 0.938 bits per heavy atom. The Kier molecular flexibility index (Phi) is 0.926. The largest absolute Gasteiger partial charge is 0.364 e. The number of rotatable bonds is 0. The molecule has 4 bridgehead atoms. The third kappa shape index (κ3) is 0.569. The van der Waals surface area contributed by atoms with Crippen molar-refractivity contribution in [2.45, 2.75) is 41.6 Å². The topological polar surface area (TPSA) is 65.3 Å². The van der Waals surface area contributed by atoms with E-state index in [1.165, 1.54) is 0 Å². The fourth-order valence-corrected chi connectivity index (χ4v) is 3.93. The summed E-state index contributed by atoms with van der Waals surface area (Å²) in [7, 11) is 0. The van der Waals surface area contributed by atoms with Gasteiger partial charge in [0.2, 0.25) is 0 Å². The van der Waals surface area contributed by atoms with Gasteiger partial charge in [-0.25, -0.2) is 0 Å². The van der Waals surface area contributed by atoms with Gasteiger partial charge in [0.05, 0.1) is 19.8 Å². The molecule has 6 aliphatic heterocycles. The normalized spacial score (nSPS) is 76.5. The summed E-state index contributed by atoms with van der Waals surface area (Å²) >= 11 is 0. The third-order valence-corrected chi connectivity index (χ3v) is 4.84. The van der Waals surface area contributed by atoms with Crippen LogP contribution in [-0.2, 0) is 28.4 Å². The first kappa shape index (κ1) is 7.97. The van der Waals surface area contributed by atoms with Gasteiger partial charge in [0.15, 0.2) is 0 Å². The summed E-state index contributed by atoms with van der Waals surface area (Å²) in [6, 6.07) is 0. The van der Waals surface area contributed by atoms with E-state index < -0.39 is 6.48 Å². The number of ether oxygens (including phenoxy) is 6. The first-order valence-electron chi connectivity index (χ1n) is 5.69. The zero-order chi connectivity index (χ0) is 10.2. The van der Waals surface area contributed by atoms with Crippen molar-refractivity contribution in [2.75, 3.05) is 19.8 Å². The predicted octanol–water partition coefficient (Wildman–Crippen LogP) is -1.23. The molecule has 0 aromatic heterocycles. The summed E-state index contributed by atoms with van der Waals surface area (Å²) in [5, 5.41) is 0. The Morgan fingerprint density at radius 1 is 0.625 bits per heavy atom. The van der Waals surface area contributed by atoms with E-state index in [2.05, 4.69) is 0 Å². The number of hydrogen-bond donors (Lipinski definition) is 0. The van der Waals surface area contributed by atoms with Crippen LogP contribution in [0.25, 0.3) is 0 Å².